The van der Waals surface area contributed by atoms with Gasteiger partial charge in [-0.2, -0.15) is 22.5 Å². The summed E-state index contributed by atoms with van der Waals surface area (Å²) in [5.41, 5.74) is 2.85. The van der Waals surface area contributed by atoms with Gasteiger partial charge < -0.3 is 24.8 Å². The molecule has 8 rings (SSSR count). The number of piperidine rings is 1. The van der Waals surface area contributed by atoms with Gasteiger partial charge in [-0.1, -0.05) is 24.3 Å². The van der Waals surface area contributed by atoms with Gasteiger partial charge in [0.25, 0.3) is 5.91 Å². The average Bonchev–Trinajstić information content (AvgIpc) is 3.66. The number of anilines is 4. The van der Waals surface area contributed by atoms with Gasteiger partial charge in [0, 0.05) is 105 Å². The van der Waals surface area contributed by atoms with Crippen molar-refractivity contribution >= 4 is 43.9 Å². The second-order valence-electron chi connectivity index (χ2n) is 16.6. The minimum Gasteiger partial charge on any atom is -0.482 e. The second-order valence-corrected chi connectivity index (χ2v) is 21.1. The van der Waals surface area contributed by atoms with E-state index in [2.05, 4.69) is 30.3 Å². The maximum Gasteiger partial charge on any atom is 0.422 e. The Labute approximate surface area is 366 Å². The lowest BCUT2D eigenvalue weighted by molar-refractivity contribution is -0.153. The molecule has 3 N–H and O–H groups in total. The molecular weight excluding hydrogens is 858 g/mol. The summed E-state index contributed by atoms with van der Waals surface area (Å²) in [7, 11) is -3.55. The number of ether oxygens (including phenoxy) is 1. The Balaban J connectivity index is 1.00. The molecule has 2 aliphatic heterocycles. The summed E-state index contributed by atoms with van der Waals surface area (Å²) in [6, 6.07) is 22.1. The van der Waals surface area contributed by atoms with Gasteiger partial charge in [-0.05, 0) is 67.4 Å². The van der Waals surface area contributed by atoms with Crippen molar-refractivity contribution in [1.82, 2.24) is 29.2 Å². The highest BCUT2D eigenvalue weighted by Crippen LogP contribution is 2.37. The number of fused-ring (bicyclic) bond motifs is 1. The predicted molar refractivity (Wildman–Crippen MR) is 238 cm³/mol. The molecule has 0 atom stereocenters. The van der Waals surface area contributed by atoms with Crippen molar-refractivity contribution in [2.75, 3.05) is 86.2 Å². The van der Waals surface area contributed by atoms with Gasteiger partial charge in [-0.25, -0.2) is 27.9 Å². The summed E-state index contributed by atoms with van der Waals surface area (Å²) in [6.07, 6.45) is 3.24. The van der Waals surface area contributed by atoms with Crippen LogP contribution < -0.4 is 20.3 Å². The molecule has 0 saturated carbocycles. The Kier molecular flexibility index (Phi) is 12.4. The number of aromatic nitrogens is 4. The average molecular weight is 906 g/mol. The van der Waals surface area contributed by atoms with E-state index < -0.39 is 45.4 Å². The van der Waals surface area contributed by atoms with Gasteiger partial charge in [-0.3, -0.25) is 19.0 Å². The standard InChI is InChI=1S/C45H48F5N9O4S/c1-64(2,61,62)26-25-56-21-23-58(24-22-56)32-15-19-57(20-16-32)33-12-13-36(38(28-33)63-29-45(48,49)50)52-44-51-17-14-37(53-44)42-40(54-39-11-3-4-18-59(39)42)30-7-5-8-31(27-30)43(60)55-41-34(46)9-6-10-35(41)47/h3-14,17-18,27-28,32H,15-16,19-26,29H2,1-2H3,(H,55,60)(H,61,62)(H,51,52,53). The predicted octanol–water partition coefficient (Wildman–Crippen LogP) is 7.81. The number of imidazole rings is 1. The number of nitrogens with zero attached hydrogens (tertiary/aromatic N) is 7. The van der Waals surface area contributed by atoms with E-state index in [0.29, 0.717) is 59.7 Å². The van der Waals surface area contributed by atoms with Crippen LogP contribution in [0.1, 0.15) is 23.2 Å². The first-order valence-corrected chi connectivity index (χ1v) is 23.7. The van der Waals surface area contributed by atoms with Crippen LogP contribution in [0.25, 0.3) is 28.3 Å². The van der Waals surface area contributed by atoms with Crippen LogP contribution in [0.15, 0.2) is 97.3 Å². The molecular formula is C45H48F5N9O4S. The molecule has 13 nitrogen and oxygen atoms in total. The largest absolute Gasteiger partial charge is 0.482 e. The smallest absolute Gasteiger partial charge is 0.422 e. The molecule has 2 saturated heterocycles. The lowest BCUT2D eigenvalue weighted by Gasteiger charge is -2.44. The Morgan fingerprint density at radius 1 is 0.891 bits per heavy atom. The lowest BCUT2D eigenvalue weighted by atomic mass is 10.0. The highest BCUT2D eigenvalue weighted by Gasteiger charge is 2.31. The first kappa shape index (κ1) is 44.6. The molecule has 2 fully saturated rings. The van der Waals surface area contributed by atoms with E-state index in [1.807, 2.05) is 6.07 Å². The summed E-state index contributed by atoms with van der Waals surface area (Å²) < 4.78 is 99.1. The van der Waals surface area contributed by atoms with Crippen molar-refractivity contribution in [2.24, 2.45) is 0 Å². The van der Waals surface area contributed by atoms with Gasteiger partial charge in [0.2, 0.25) is 5.95 Å². The molecule has 64 heavy (non-hydrogen) atoms. The molecule has 3 aromatic heterocycles. The first-order chi connectivity index (χ1) is 30.4. The Morgan fingerprint density at radius 2 is 1.62 bits per heavy atom. The van der Waals surface area contributed by atoms with Crippen LogP contribution in [0, 0.1) is 11.6 Å². The van der Waals surface area contributed by atoms with Gasteiger partial charge in [0.1, 0.15) is 28.7 Å². The fourth-order valence-electron chi connectivity index (χ4n) is 8.04. The maximum atomic E-state index is 14.4. The highest BCUT2D eigenvalue weighted by molar-refractivity contribution is 8.13. The van der Waals surface area contributed by atoms with Gasteiger partial charge in [-0.15, -0.1) is 0 Å². The zero-order valence-electron chi connectivity index (χ0n) is 35.2. The highest BCUT2D eigenvalue weighted by atomic mass is 32.3. The molecule has 0 bridgehead atoms. The SMILES string of the molecule is CS(C)(=O)(O)CCN1CCN(C2CCN(c3ccc(Nc4nccc(-c5c(-c6cccc(C(=O)Nc7c(F)cccc7F)c6)nc6ccccn56)n4)c(OCC(F)(F)F)c3)CC2)CC1. The van der Waals surface area contributed by atoms with Crippen molar-refractivity contribution in [3.05, 3.63) is 115 Å². The first-order valence-electron chi connectivity index (χ1n) is 20.8. The molecule has 2 aliphatic rings. The van der Waals surface area contributed by atoms with E-state index in [1.165, 1.54) is 30.8 Å². The van der Waals surface area contributed by atoms with E-state index in [1.54, 1.807) is 65.2 Å². The van der Waals surface area contributed by atoms with Gasteiger partial charge >= 0.3 is 6.18 Å². The Bertz CT molecular complexity index is 2700. The summed E-state index contributed by atoms with van der Waals surface area (Å²) in [5, 5.41) is 5.37. The van der Waals surface area contributed by atoms with E-state index in [4.69, 9.17) is 14.7 Å². The number of amides is 1. The summed E-state index contributed by atoms with van der Waals surface area (Å²) in [6.45, 7) is 3.83. The molecule has 0 spiro atoms. The van der Waals surface area contributed by atoms with Crippen LogP contribution >= 0.6 is 0 Å². The topological polar surface area (TPSA) is 140 Å². The third-order valence-electron chi connectivity index (χ3n) is 11.4. The summed E-state index contributed by atoms with van der Waals surface area (Å²) >= 11 is 0. The molecule has 19 heteroatoms. The molecule has 3 aromatic carbocycles. The zero-order valence-corrected chi connectivity index (χ0v) is 36.0. The number of halogens is 5. The lowest BCUT2D eigenvalue weighted by Crippen LogP contribution is -2.54. The van der Waals surface area contributed by atoms with Crippen LogP contribution in [-0.4, -0.2) is 127 Å². The number of hydrogen-bond donors (Lipinski definition) is 3. The molecule has 5 heterocycles. The number of piperazine rings is 1. The molecule has 0 unspecified atom stereocenters. The van der Waals surface area contributed by atoms with Gasteiger partial charge in [0.05, 0.1) is 22.8 Å². The van der Waals surface area contributed by atoms with Crippen LogP contribution in [0.4, 0.5) is 45.0 Å². The van der Waals surface area contributed by atoms with Crippen LogP contribution in [-0.2, 0) is 9.35 Å². The number of rotatable bonds is 13. The Morgan fingerprint density at radius 3 is 2.34 bits per heavy atom. The van der Waals surface area contributed by atoms with Crippen LogP contribution in [0.3, 0.4) is 0 Å². The number of benzene rings is 3. The van der Waals surface area contributed by atoms with E-state index in [0.717, 1.165) is 51.2 Å². The van der Waals surface area contributed by atoms with Crippen molar-refractivity contribution in [3.63, 3.8) is 0 Å². The Hall–Kier alpha value is -6.02. The number of pyridine rings is 1. The third kappa shape index (κ3) is 10.8. The normalized spacial score (nSPS) is 16.4. The molecule has 0 aliphatic carbocycles. The fourth-order valence-corrected chi connectivity index (χ4v) is 8.82. The molecule has 1 amide bonds. The number of hydrogen-bond acceptors (Lipinski definition) is 10. The number of nitrogens with one attached hydrogen (secondary N) is 2. The fraction of sp³-hybridized carbons (Fsp3) is 0.333. The van der Waals surface area contributed by atoms with Crippen molar-refractivity contribution in [2.45, 2.75) is 25.1 Å². The zero-order chi connectivity index (χ0) is 45.3. The number of alkyl halides is 3. The van der Waals surface area contributed by atoms with Crippen molar-refractivity contribution in [3.8, 4) is 28.4 Å². The number of carbonyl (C=O) groups excluding carboxylic acids is 1. The van der Waals surface area contributed by atoms with Crippen molar-refractivity contribution < 1.29 is 40.2 Å². The number of para-hydroxylation sites is 1. The molecule has 338 valence electrons. The van der Waals surface area contributed by atoms with Crippen LogP contribution in [0.5, 0.6) is 5.75 Å². The minimum absolute atomic E-state index is 0.0313. The minimum atomic E-state index is -4.59. The van der Waals surface area contributed by atoms with E-state index >= 15 is 0 Å². The maximum absolute atomic E-state index is 14.4. The van der Waals surface area contributed by atoms with E-state index in [-0.39, 0.29) is 28.7 Å². The summed E-state index contributed by atoms with van der Waals surface area (Å²) in [4.78, 5) is 34.0. The van der Waals surface area contributed by atoms with Crippen LogP contribution in [0.2, 0.25) is 0 Å². The third-order valence-corrected chi connectivity index (χ3v) is 12.7. The summed E-state index contributed by atoms with van der Waals surface area (Å²) in [5.74, 6) is -2.30. The van der Waals surface area contributed by atoms with E-state index in [9.17, 15) is 35.5 Å². The van der Waals surface area contributed by atoms with Crippen molar-refractivity contribution in [1.29, 1.82) is 0 Å². The monoisotopic (exact) mass is 905 g/mol. The molecule has 6 aromatic rings. The number of carbonyl (C=O) groups is 1. The van der Waals surface area contributed by atoms with Gasteiger partial charge in [0.15, 0.2) is 6.61 Å². The second kappa shape index (κ2) is 17.9. The molecule has 0 radical (unpaired) electrons. The quantitative estimate of drug-likeness (QED) is 0.0979.